The van der Waals surface area contributed by atoms with Crippen LogP contribution in [-0.4, -0.2) is 10.6 Å². The molecule has 0 N–H and O–H groups in total. The van der Waals surface area contributed by atoms with E-state index in [1.807, 2.05) is 0 Å². The highest BCUT2D eigenvalue weighted by atomic mass is 79.9. The summed E-state index contributed by atoms with van der Waals surface area (Å²) in [5, 5.41) is 0. The number of alkyl halides is 1. The summed E-state index contributed by atoms with van der Waals surface area (Å²) in [4.78, 5) is 11.9. The molecule has 0 saturated heterocycles. The van der Waals surface area contributed by atoms with E-state index in [2.05, 4.69) is 15.9 Å². The molecule has 2 heteroatoms. The van der Waals surface area contributed by atoms with Crippen molar-refractivity contribution in [1.29, 1.82) is 0 Å². The number of hydrogen-bond donors (Lipinski definition) is 0. The van der Waals surface area contributed by atoms with E-state index in [4.69, 9.17) is 0 Å². The van der Waals surface area contributed by atoms with Crippen LogP contribution in [0.3, 0.4) is 0 Å². The van der Waals surface area contributed by atoms with Crippen LogP contribution in [0.5, 0.6) is 0 Å². The standard InChI is InChI=1S/C9H13BrO/c10-7-3-6-9(8(7)11)4-1-2-5-9/h7H,1-6H2. The van der Waals surface area contributed by atoms with E-state index >= 15 is 0 Å². The quantitative estimate of drug-likeness (QED) is 0.570. The van der Waals surface area contributed by atoms with Gasteiger partial charge in [-0.3, -0.25) is 4.79 Å². The number of carbonyl (C=O) groups is 1. The number of rotatable bonds is 0. The van der Waals surface area contributed by atoms with E-state index in [9.17, 15) is 4.79 Å². The van der Waals surface area contributed by atoms with Crippen molar-refractivity contribution in [2.45, 2.75) is 43.4 Å². The van der Waals surface area contributed by atoms with Crippen molar-refractivity contribution in [2.75, 3.05) is 0 Å². The van der Waals surface area contributed by atoms with Gasteiger partial charge < -0.3 is 0 Å². The Bertz CT molecular complexity index is 182. The first kappa shape index (κ1) is 7.78. The second-order valence-electron chi connectivity index (χ2n) is 3.86. The lowest BCUT2D eigenvalue weighted by atomic mass is 9.84. The lowest BCUT2D eigenvalue weighted by Crippen LogP contribution is -2.25. The van der Waals surface area contributed by atoms with E-state index < -0.39 is 0 Å². The van der Waals surface area contributed by atoms with Crippen molar-refractivity contribution >= 4 is 21.7 Å². The molecule has 0 aromatic carbocycles. The molecule has 1 nitrogen and oxygen atoms in total. The maximum Gasteiger partial charge on any atom is 0.152 e. The molecule has 2 rings (SSSR count). The largest absolute Gasteiger partial charge is 0.298 e. The Morgan fingerprint density at radius 2 is 1.91 bits per heavy atom. The van der Waals surface area contributed by atoms with Crippen LogP contribution in [0.25, 0.3) is 0 Å². The first-order valence-electron chi connectivity index (χ1n) is 4.43. The molecule has 0 bridgehead atoms. The number of carbonyl (C=O) groups excluding carboxylic acids is 1. The zero-order chi connectivity index (χ0) is 7.90. The fourth-order valence-electron chi connectivity index (χ4n) is 2.54. The van der Waals surface area contributed by atoms with Crippen molar-refractivity contribution in [3.8, 4) is 0 Å². The number of hydrogen-bond acceptors (Lipinski definition) is 1. The normalized spacial score (nSPS) is 35.4. The summed E-state index contributed by atoms with van der Waals surface area (Å²) in [6.45, 7) is 0. The topological polar surface area (TPSA) is 17.1 Å². The van der Waals surface area contributed by atoms with E-state index in [-0.39, 0.29) is 10.2 Å². The SMILES string of the molecule is O=C1C(Br)CCC12CCCC2. The predicted molar refractivity (Wildman–Crippen MR) is 47.9 cm³/mol. The monoisotopic (exact) mass is 216 g/mol. The Kier molecular flexibility index (Phi) is 1.82. The Labute approximate surface area is 75.7 Å². The smallest absolute Gasteiger partial charge is 0.152 e. The fourth-order valence-corrected chi connectivity index (χ4v) is 3.25. The summed E-state index contributed by atoms with van der Waals surface area (Å²) in [5.74, 6) is 0.495. The third kappa shape index (κ3) is 1.07. The molecule has 0 heterocycles. The van der Waals surface area contributed by atoms with Crippen LogP contribution in [0, 0.1) is 5.41 Å². The van der Waals surface area contributed by atoms with E-state index in [1.165, 1.54) is 12.8 Å². The van der Waals surface area contributed by atoms with Crippen molar-refractivity contribution in [3.05, 3.63) is 0 Å². The van der Waals surface area contributed by atoms with Gasteiger partial charge in [0.1, 0.15) is 0 Å². The highest BCUT2D eigenvalue weighted by Crippen LogP contribution is 2.49. The summed E-state index contributed by atoms with van der Waals surface area (Å²) in [5.41, 5.74) is 0.133. The minimum Gasteiger partial charge on any atom is -0.298 e. The lowest BCUT2D eigenvalue weighted by molar-refractivity contribution is -0.125. The maximum atomic E-state index is 11.7. The number of Topliss-reactive ketones (excluding diaryl/α,β-unsaturated/α-hetero) is 1. The fraction of sp³-hybridized carbons (Fsp3) is 0.889. The molecule has 1 atom stereocenters. The summed E-state index contributed by atoms with van der Waals surface area (Å²) in [7, 11) is 0. The van der Waals surface area contributed by atoms with Crippen LogP contribution in [0.2, 0.25) is 0 Å². The van der Waals surface area contributed by atoms with Crippen LogP contribution in [0.15, 0.2) is 0 Å². The van der Waals surface area contributed by atoms with Crippen LogP contribution >= 0.6 is 15.9 Å². The first-order chi connectivity index (χ1) is 5.25. The van der Waals surface area contributed by atoms with Crippen LogP contribution in [0.1, 0.15) is 38.5 Å². The van der Waals surface area contributed by atoms with E-state index in [1.54, 1.807) is 0 Å². The van der Waals surface area contributed by atoms with Gasteiger partial charge in [-0.15, -0.1) is 0 Å². The predicted octanol–water partition coefficient (Wildman–Crippen LogP) is 2.67. The second-order valence-corrected chi connectivity index (χ2v) is 4.96. The minimum absolute atomic E-state index is 0.133. The average Bonchev–Trinajstić information content (AvgIpc) is 2.56. The van der Waals surface area contributed by atoms with Gasteiger partial charge >= 0.3 is 0 Å². The molecule has 2 aliphatic rings. The minimum atomic E-state index is 0.133. The Hall–Kier alpha value is 0.150. The third-order valence-corrected chi connectivity index (χ3v) is 4.12. The van der Waals surface area contributed by atoms with Crippen molar-refractivity contribution in [1.82, 2.24) is 0 Å². The zero-order valence-electron chi connectivity index (χ0n) is 6.61. The first-order valence-corrected chi connectivity index (χ1v) is 5.35. The van der Waals surface area contributed by atoms with E-state index in [0.29, 0.717) is 5.78 Å². The Balaban J connectivity index is 2.20. The Morgan fingerprint density at radius 1 is 1.27 bits per heavy atom. The molecule has 2 saturated carbocycles. The van der Waals surface area contributed by atoms with Gasteiger partial charge in [0.15, 0.2) is 5.78 Å². The zero-order valence-corrected chi connectivity index (χ0v) is 8.19. The molecule has 2 aliphatic carbocycles. The summed E-state index contributed by atoms with van der Waals surface area (Å²) in [6, 6.07) is 0. The van der Waals surface area contributed by atoms with Gasteiger partial charge in [-0.25, -0.2) is 0 Å². The van der Waals surface area contributed by atoms with Crippen molar-refractivity contribution < 1.29 is 4.79 Å². The molecular formula is C9H13BrO. The van der Waals surface area contributed by atoms with Gasteiger partial charge in [-0.05, 0) is 25.7 Å². The molecule has 0 radical (unpaired) electrons. The van der Waals surface area contributed by atoms with Gasteiger partial charge in [0.2, 0.25) is 0 Å². The molecule has 0 aliphatic heterocycles. The summed E-state index contributed by atoms with van der Waals surface area (Å²) in [6.07, 6.45) is 7.07. The van der Waals surface area contributed by atoms with Crippen LogP contribution in [0.4, 0.5) is 0 Å². The van der Waals surface area contributed by atoms with Gasteiger partial charge in [-0.2, -0.15) is 0 Å². The number of halogens is 1. The molecule has 0 aromatic heterocycles. The Morgan fingerprint density at radius 3 is 2.36 bits per heavy atom. The van der Waals surface area contributed by atoms with Gasteiger partial charge in [0, 0.05) is 5.41 Å². The van der Waals surface area contributed by atoms with Crippen LogP contribution in [-0.2, 0) is 4.79 Å². The van der Waals surface area contributed by atoms with E-state index in [0.717, 1.165) is 25.7 Å². The number of ketones is 1. The molecule has 0 amide bonds. The lowest BCUT2D eigenvalue weighted by Gasteiger charge is -2.19. The molecule has 1 spiro atoms. The highest BCUT2D eigenvalue weighted by Gasteiger charge is 2.47. The second kappa shape index (κ2) is 2.58. The summed E-state index contributed by atoms with van der Waals surface area (Å²) >= 11 is 3.44. The average molecular weight is 217 g/mol. The maximum absolute atomic E-state index is 11.7. The molecule has 1 unspecified atom stereocenters. The third-order valence-electron chi connectivity index (χ3n) is 3.24. The molecule has 11 heavy (non-hydrogen) atoms. The molecule has 2 fully saturated rings. The summed E-state index contributed by atoms with van der Waals surface area (Å²) < 4.78 is 0. The molecular weight excluding hydrogens is 204 g/mol. The van der Waals surface area contributed by atoms with Crippen molar-refractivity contribution in [2.24, 2.45) is 5.41 Å². The van der Waals surface area contributed by atoms with Crippen molar-refractivity contribution in [3.63, 3.8) is 0 Å². The van der Waals surface area contributed by atoms with Gasteiger partial charge in [0.05, 0.1) is 4.83 Å². The highest BCUT2D eigenvalue weighted by molar-refractivity contribution is 9.10. The van der Waals surface area contributed by atoms with Crippen LogP contribution < -0.4 is 0 Å². The van der Waals surface area contributed by atoms with Gasteiger partial charge in [0.25, 0.3) is 0 Å². The molecule has 0 aromatic rings. The van der Waals surface area contributed by atoms with Gasteiger partial charge in [-0.1, -0.05) is 28.8 Å². The molecule has 62 valence electrons.